The first-order chi connectivity index (χ1) is 14.9. The summed E-state index contributed by atoms with van der Waals surface area (Å²) in [6.45, 7) is 1.85. The summed E-state index contributed by atoms with van der Waals surface area (Å²) in [6, 6.07) is 15.1. The van der Waals surface area contributed by atoms with Crippen LogP contribution in [0, 0.1) is 11.3 Å². The fourth-order valence-electron chi connectivity index (χ4n) is 2.78. The van der Waals surface area contributed by atoms with Crippen LogP contribution in [0.1, 0.15) is 22.8 Å². The lowest BCUT2D eigenvalue weighted by molar-refractivity contribution is -0.112. The fraction of sp³-hybridized carbons (Fsp3) is 0.0870. The van der Waals surface area contributed by atoms with Gasteiger partial charge in [0.15, 0.2) is 0 Å². The van der Waals surface area contributed by atoms with Crippen LogP contribution in [0.2, 0.25) is 5.02 Å². The normalized spacial score (nSPS) is 10.9. The molecule has 0 aliphatic rings. The van der Waals surface area contributed by atoms with E-state index in [2.05, 4.69) is 5.32 Å². The number of rotatable bonds is 6. The second-order valence-electron chi connectivity index (χ2n) is 6.26. The Morgan fingerprint density at radius 1 is 1.23 bits per heavy atom. The number of aromatic hydroxyl groups is 1. The summed E-state index contributed by atoms with van der Waals surface area (Å²) in [5.74, 6) is -1.36. The van der Waals surface area contributed by atoms with Gasteiger partial charge in [0.25, 0.3) is 5.91 Å². The van der Waals surface area contributed by atoms with Crippen molar-refractivity contribution in [3.63, 3.8) is 0 Å². The van der Waals surface area contributed by atoms with Gasteiger partial charge in [0.1, 0.15) is 28.0 Å². The van der Waals surface area contributed by atoms with Crippen molar-refractivity contribution in [1.29, 1.82) is 5.26 Å². The van der Waals surface area contributed by atoms with Crippen LogP contribution in [0.15, 0.2) is 59.5 Å². The molecule has 0 atom stereocenters. The molecule has 6 nitrogen and oxygen atoms in total. The van der Waals surface area contributed by atoms with Gasteiger partial charge in [-0.05, 0) is 36.8 Å². The van der Waals surface area contributed by atoms with E-state index in [0.717, 1.165) is 16.9 Å². The lowest BCUT2D eigenvalue weighted by Gasteiger charge is -2.09. The van der Waals surface area contributed by atoms with Crippen LogP contribution in [0.25, 0.3) is 17.2 Å². The number of hydrogen-bond donors (Lipinski definition) is 2. The third kappa shape index (κ3) is 5.12. The number of para-hydroxylation sites is 1. The van der Waals surface area contributed by atoms with Crippen LogP contribution in [-0.4, -0.2) is 23.6 Å². The molecule has 0 unspecified atom stereocenters. The number of anilines is 1. The number of nitriles is 1. The van der Waals surface area contributed by atoms with Crippen LogP contribution < -0.4 is 5.32 Å². The third-order valence-electron chi connectivity index (χ3n) is 4.25. The number of halogens is 1. The van der Waals surface area contributed by atoms with Crippen molar-refractivity contribution in [3.8, 4) is 22.9 Å². The quantitative estimate of drug-likeness (QED) is 0.292. The Morgan fingerprint density at radius 2 is 1.94 bits per heavy atom. The first-order valence-electron chi connectivity index (χ1n) is 9.20. The van der Waals surface area contributed by atoms with Crippen molar-refractivity contribution in [3.05, 3.63) is 75.6 Å². The molecule has 1 aromatic heterocycles. The van der Waals surface area contributed by atoms with Gasteiger partial charge in [-0.25, -0.2) is 4.79 Å². The van der Waals surface area contributed by atoms with Crippen LogP contribution in [0.4, 0.5) is 5.00 Å². The number of carbonyl (C=O) groups is 2. The standard InChI is InChI=1S/C23H17ClN2O4S/c1-2-30-23(29)20-18(14-7-9-17(24)10-8-14)13-31-22(20)26-21(28)16(12-25)11-15-5-3-4-6-19(15)27/h3-11,13,27H,2H2,1H3,(H,26,28)/b16-11+. The first-order valence-corrected chi connectivity index (χ1v) is 10.5. The van der Waals surface area contributed by atoms with Gasteiger partial charge in [-0.3, -0.25) is 4.79 Å². The highest BCUT2D eigenvalue weighted by Crippen LogP contribution is 2.37. The minimum Gasteiger partial charge on any atom is -0.507 e. The molecule has 0 fully saturated rings. The topological polar surface area (TPSA) is 99.4 Å². The molecule has 31 heavy (non-hydrogen) atoms. The van der Waals surface area contributed by atoms with E-state index in [9.17, 15) is 20.0 Å². The Balaban J connectivity index is 1.97. The maximum Gasteiger partial charge on any atom is 0.341 e. The number of nitrogens with zero attached hydrogens (tertiary/aromatic N) is 1. The molecule has 0 saturated heterocycles. The highest BCUT2D eigenvalue weighted by Gasteiger charge is 2.24. The van der Waals surface area contributed by atoms with Gasteiger partial charge in [0.2, 0.25) is 0 Å². The molecule has 0 aliphatic heterocycles. The SMILES string of the molecule is CCOC(=O)c1c(-c2ccc(Cl)cc2)csc1NC(=O)/C(C#N)=C/c1ccccc1O. The average Bonchev–Trinajstić information content (AvgIpc) is 3.17. The van der Waals surface area contributed by atoms with E-state index in [0.29, 0.717) is 16.1 Å². The van der Waals surface area contributed by atoms with Crippen LogP contribution >= 0.6 is 22.9 Å². The Labute approximate surface area is 188 Å². The molecular weight excluding hydrogens is 436 g/mol. The van der Waals surface area contributed by atoms with Gasteiger partial charge in [0, 0.05) is 21.5 Å². The molecule has 8 heteroatoms. The van der Waals surface area contributed by atoms with E-state index >= 15 is 0 Å². The molecule has 1 heterocycles. The average molecular weight is 453 g/mol. The highest BCUT2D eigenvalue weighted by atomic mass is 35.5. The van der Waals surface area contributed by atoms with Crippen molar-refractivity contribution < 1.29 is 19.4 Å². The second kappa shape index (κ2) is 9.94. The van der Waals surface area contributed by atoms with E-state index < -0.39 is 11.9 Å². The van der Waals surface area contributed by atoms with Crippen molar-refractivity contribution in [2.45, 2.75) is 6.92 Å². The zero-order chi connectivity index (χ0) is 22.4. The summed E-state index contributed by atoms with van der Waals surface area (Å²) in [6.07, 6.45) is 1.28. The van der Waals surface area contributed by atoms with Gasteiger partial charge in [0.05, 0.1) is 6.61 Å². The van der Waals surface area contributed by atoms with E-state index in [1.165, 1.54) is 12.1 Å². The predicted octanol–water partition coefficient (Wildman–Crippen LogP) is 5.50. The number of nitrogens with one attached hydrogen (secondary N) is 1. The number of phenolic OH excluding ortho intramolecular Hbond substituents is 1. The van der Waals surface area contributed by atoms with Gasteiger partial charge >= 0.3 is 5.97 Å². The van der Waals surface area contributed by atoms with E-state index in [1.807, 2.05) is 6.07 Å². The summed E-state index contributed by atoms with van der Waals surface area (Å²) in [7, 11) is 0. The Bertz CT molecular complexity index is 1190. The molecule has 2 aromatic carbocycles. The number of ether oxygens (including phenoxy) is 1. The van der Waals surface area contributed by atoms with Crippen molar-refractivity contribution >= 4 is 45.9 Å². The molecule has 3 aromatic rings. The minimum absolute atomic E-state index is 0.0589. The lowest BCUT2D eigenvalue weighted by atomic mass is 10.0. The molecule has 3 rings (SSSR count). The monoisotopic (exact) mass is 452 g/mol. The molecule has 0 spiro atoms. The van der Waals surface area contributed by atoms with Crippen molar-refractivity contribution in [2.24, 2.45) is 0 Å². The number of benzene rings is 2. The first kappa shape index (κ1) is 22.1. The molecule has 1 amide bonds. The van der Waals surface area contributed by atoms with Crippen LogP contribution in [-0.2, 0) is 9.53 Å². The summed E-state index contributed by atoms with van der Waals surface area (Å²) < 4.78 is 5.17. The summed E-state index contributed by atoms with van der Waals surface area (Å²) in [4.78, 5) is 25.4. The third-order valence-corrected chi connectivity index (χ3v) is 5.40. The Kier molecular flexibility index (Phi) is 7.08. The number of esters is 1. The lowest BCUT2D eigenvalue weighted by Crippen LogP contribution is -2.16. The van der Waals surface area contributed by atoms with Crippen LogP contribution in [0.5, 0.6) is 5.75 Å². The molecular formula is C23H17ClN2O4S. The van der Waals surface area contributed by atoms with Crippen molar-refractivity contribution in [2.75, 3.05) is 11.9 Å². The van der Waals surface area contributed by atoms with E-state index in [-0.39, 0.29) is 28.5 Å². The Morgan fingerprint density at radius 3 is 2.58 bits per heavy atom. The van der Waals surface area contributed by atoms with Gasteiger partial charge in [-0.1, -0.05) is 41.9 Å². The number of amides is 1. The zero-order valence-electron chi connectivity index (χ0n) is 16.4. The maximum atomic E-state index is 12.7. The maximum absolute atomic E-state index is 12.7. The number of phenols is 1. The smallest absolute Gasteiger partial charge is 0.341 e. The minimum atomic E-state index is -0.708. The molecule has 0 radical (unpaired) electrons. The molecule has 0 bridgehead atoms. The second-order valence-corrected chi connectivity index (χ2v) is 7.58. The van der Waals surface area contributed by atoms with Gasteiger partial charge in [-0.15, -0.1) is 11.3 Å². The van der Waals surface area contributed by atoms with Crippen molar-refractivity contribution in [1.82, 2.24) is 0 Å². The van der Waals surface area contributed by atoms with Gasteiger partial charge < -0.3 is 15.2 Å². The molecule has 156 valence electrons. The number of carbonyl (C=O) groups excluding carboxylic acids is 2. The highest BCUT2D eigenvalue weighted by molar-refractivity contribution is 7.15. The van der Waals surface area contributed by atoms with E-state index in [4.69, 9.17) is 16.3 Å². The summed E-state index contributed by atoms with van der Waals surface area (Å²) >= 11 is 7.10. The zero-order valence-corrected chi connectivity index (χ0v) is 18.0. The molecule has 2 N–H and O–H groups in total. The number of hydrogen-bond acceptors (Lipinski definition) is 6. The van der Waals surface area contributed by atoms with E-state index in [1.54, 1.807) is 54.8 Å². The van der Waals surface area contributed by atoms with Crippen LogP contribution in [0.3, 0.4) is 0 Å². The predicted molar refractivity (Wildman–Crippen MR) is 121 cm³/mol. The Hall–Kier alpha value is -3.60. The van der Waals surface area contributed by atoms with Gasteiger partial charge in [-0.2, -0.15) is 5.26 Å². The summed E-state index contributed by atoms with van der Waals surface area (Å²) in [5, 5.41) is 24.5. The summed E-state index contributed by atoms with van der Waals surface area (Å²) in [5.41, 5.74) is 1.61. The molecule has 0 saturated carbocycles. The number of thiophene rings is 1. The fourth-order valence-corrected chi connectivity index (χ4v) is 3.86. The molecule has 0 aliphatic carbocycles. The largest absolute Gasteiger partial charge is 0.507 e.